The van der Waals surface area contributed by atoms with E-state index in [4.69, 9.17) is 0 Å². The predicted molar refractivity (Wildman–Crippen MR) is 56.3 cm³/mol. The molecule has 1 aliphatic heterocycles. The Kier molecular flexibility index (Phi) is 4.31. The van der Waals surface area contributed by atoms with Crippen molar-refractivity contribution in [2.75, 3.05) is 26.7 Å². The van der Waals surface area contributed by atoms with Gasteiger partial charge in [0.2, 0.25) is 0 Å². The molecule has 1 fully saturated rings. The molecular formula is C8H19N3O2S. The van der Waals surface area contributed by atoms with Gasteiger partial charge in [-0.2, -0.15) is 12.7 Å². The van der Waals surface area contributed by atoms with Gasteiger partial charge in [-0.15, -0.1) is 0 Å². The third-order valence-electron chi connectivity index (χ3n) is 2.47. The van der Waals surface area contributed by atoms with E-state index in [2.05, 4.69) is 10.0 Å². The molecule has 14 heavy (non-hydrogen) atoms. The van der Waals surface area contributed by atoms with E-state index in [1.165, 1.54) is 11.4 Å². The van der Waals surface area contributed by atoms with Crippen molar-refractivity contribution in [1.82, 2.24) is 14.3 Å². The monoisotopic (exact) mass is 221 g/mol. The van der Waals surface area contributed by atoms with Crippen LogP contribution in [0.1, 0.15) is 19.8 Å². The second-order valence-electron chi connectivity index (χ2n) is 3.46. The van der Waals surface area contributed by atoms with Crippen LogP contribution in [-0.2, 0) is 10.2 Å². The third-order valence-corrected chi connectivity index (χ3v) is 4.00. The average molecular weight is 221 g/mol. The van der Waals surface area contributed by atoms with Crippen LogP contribution in [-0.4, -0.2) is 45.4 Å². The molecule has 0 aromatic rings. The number of piperidine rings is 1. The van der Waals surface area contributed by atoms with Gasteiger partial charge in [-0.3, -0.25) is 0 Å². The van der Waals surface area contributed by atoms with Crippen LogP contribution in [0.3, 0.4) is 0 Å². The van der Waals surface area contributed by atoms with Crippen LogP contribution in [0.15, 0.2) is 0 Å². The highest BCUT2D eigenvalue weighted by atomic mass is 32.2. The van der Waals surface area contributed by atoms with Crippen molar-refractivity contribution >= 4 is 10.2 Å². The summed E-state index contributed by atoms with van der Waals surface area (Å²) in [5.41, 5.74) is 0. The number of hydrogen-bond acceptors (Lipinski definition) is 3. The van der Waals surface area contributed by atoms with Crippen LogP contribution in [0.5, 0.6) is 0 Å². The van der Waals surface area contributed by atoms with E-state index in [9.17, 15) is 8.42 Å². The zero-order valence-electron chi connectivity index (χ0n) is 8.78. The summed E-state index contributed by atoms with van der Waals surface area (Å²) in [6.45, 7) is 4.13. The Morgan fingerprint density at radius 2 is 2.21 bits per heavy atom. The quantitative estimate of drug-likeness (QED) is 0.674. The summed E-state index contributed by atoms with van der Waals surface area (Å²) in [7, 11) is -1.78. The van der Waals surface area contributed by atoms with Crippen molar-refractivity contribution in [3.8, 4) is 0 Å². The van der Waals surface area contributed by atoms with E-state index >= 15 is 0 Å². The molecule has 84 valence electrons. The molecule has 1 atom stereocenters. The van der Waals surface area contributed by atoms with Gasteiger partial charge in [-0.1, -0.05) is 6.92 Å². The molecule has 1 aliphatic rings. The summed E-state index contributed by atoms with van der Waals surface area (Å²) in [5, 5.41) is 3.28. The molecule has 0 aromatic heterocycles. The summed E-state index contributed by atoms with van der Waals surface area (Å²) in [4.78, 5) is 0. The molecule has 0 radical (unpaired) electrons. The molecule has 0 spiro atoms. The molecular weight excluding hydrogens is 202 g/mol. The summed E-state index contributed by atoms with van der Waals surface area (Å²) in [6, 6.07) is 0.303. The van der Waals surface area contributed by atoms with E-state index in [1.54, 1.807) is 0 Å². The highest BCUT2D eigenvalue weighted by Gasteiger charge is 2.26. The van der Waals surface area contributed by atoms with Gasteiger partial charge in [0.25, 0.3) is 10.2 Å². The Bertz CT molecular complexity index is 264. The smallest absolute Gasteiger partial charge is 0.279 e. The van der Waals surface area contributed by atoms with Crippen LogP contribution in [0, 0.1) is 0 Å². The third kappa shape index (κ3) is 2.91. The van der Waals surface area contributed by atoms with Crippen molar-refractivity contribution in [3.63, 3.8) is 0 Å². The maximum Gasteiger partial charge on any atom is 0.279 e. The molecule has 5 nitrogen and oxygen atoms in total. The average Bonchev–Trinajstić information content (AvgIpc) is 2.19. The molecule has 0 aliphatic carbocycles. The van der Waals surface area contributed by atoms with Crippen molar-refractivity contribution in [2.24, 2.45) is 0 Å². The molecule has 1 saturated heterocycles. The molecule has 0 saturated carbocycles. The number of likely N-dealkylation sites (N-methyl/N-ethyl adjacent to an activating group) is 1. The van der Waals surface area contributed by atoms with Gasteiger partial charge in [-0.05, 0) is 19.4 Å². The normalized spacial score (nSPS) is 25.1. The molecule has 0 amide bonds. The lowest BCUT2D eigenvalue weighted by Gasteiger charge is -2.31. The SMILES string of the molecule is CCNC1CCCN(S(=O)(=O)NC)C1. The van der Waals surface area contributed by atoms with E-state index in [1.807, 2.05) is 6.92 Å². The summed E-state index contributed by atoms with van der Waals surface area (Å²) < 4.78 is 26.8. The summed E-state index contributed by atoms with van der Waals surface area (Å²) >= 11 is 0. The van der Waals surface area contributed by atoms with Crippen molar-refractivity contribution in [1.29, 1.82) is 0 Å². The lowest BCUT2D eigenvalue weighted by Crippen LogP contribution is -2.50. The van der Waals surface area contributed by atoms with Gasteiger partial charge < -0.3 is 5.32 Å². The second-order valence-corrected chi connectivity index (χ2v) is 5.34. The maximum absolute atomic E-state index is 11.5. The molecule has 1 unspecified atom stereocenters. The molecule has 2 N–H and O–H groups in total. The molecule has 0 bridgehead atoms. The minimum Gasteiger partial charge on any atom is -0.313 e. The Labute approximate surface area is 86.0 Å². The van der Waals surface area contributed by atoms with Gasteiger partial charge in [0.05, 0.1) is 0 Å². The molecule has 1 rings (SSSR count). The van der Waals surface area contributed by atoms with Crippen LogP contribution in [0.4, 0.5) is 0 Å². The van der Waals surface area contributed by atoms with Crippen LogP contribution >= 0.6 is 0 Å². The summed E-state index contributed by atoms with van der Waals surface area (Å²) in [5.74, 6) is 0. The first-order valence-electron chi connectivity index (χ1n) is 5.02. The molecule has 6 heteroatoms. The number of rotatable bonds is 4. The maximum atomic E-state index is 11.5. The van der Waals surface area contributed by atoms with Gasteiger partial charge in [0.15, 0.2) is 0 Å². The fraction of sp³-hybridized carbons (Fsp3) is 1.00. The minimum atomic E-state index is -3.23. The Balaban J connectivity index is 2.56. The van der Waals surface area contributed by atoms with Crippen molar-refractivity contribution < 1.29 is 8.42 Å². The largest absolute Gasteiger partial charge is 0.313 e. The van der Waals surface area contributed by atoms with E-state index in [0.717, 1.165) is 19.4 Å². The fourth-order valence-electron chi connectivity index (χ4n) is 1.75. The first-order valence-corrected chi connectivity index (χ1v) is 6.46. The molecule has 0 aromatic carbocycles. The summed E-state index contributed by atoms with van der Waals surface area (Å²) in [6.07, 6.45) is 1.99. The fourth-order valence-corrected chi connectivity index (χ4v) is 2.75. The van der Waals surface area contributed by atoms with E-state index in [-0.39, 0.29) is 0 Å². The van der Waals surface area contributed by atoms with Gasteiger partial charge in [-0.25, -0.2) is 4.72 Å². The minimum absolute atomic E-state index is 0.303. The Morgan fingerprint density at radius 1 is 1.50 bits per heavy atom. The first kappa shape index (κ1) is 11.9. The highest BCUT2D eigenvalue weighted by molar-refractivity contribution is 7.87. The second kappa shape index (κ2) is 5.06. The van der Waals surface area contributed by atoms with Gasteiger partial charge in [0, 0.05) is 26.2 Å². The first-order chi connectivity index (χ1) is 6.60. The Hall–Kier alpha value is -0.170. The van der Waals surface area contributed by atoms with Crippen LogP contribution in [0.2, 0.25) is 0 Å². The zero-order valence-corrected chi connectivity index (χ0v) is 9.60. The van der Waals surface area contributed by atoms with Gasteiger partial charge >= 0.3 is 0 Å². The van der Waals surface area contributed by atoms with Crippen molar-refractivity contribution in [3.05, 3.63) is 0 Å². The van der Waals surface area contributed by atoms with Crippen LogP contribution in [0.25, 0.3) is 0 Å². The standard InChI is InChI=1S/C8H19N3O2S/c1-3-10-8-5-4-6-11(7-8)14(12,13)9-2/h8-10H,3-7H2,1-2H3. The van der Waals surface area contributed by atoms with Crippen LogP contribution < -0.4 is 10.0 Å². The lowest BCUT2D eigenvalue weighted by molar-refractivity contribution is 0.284. The van der Waals surface area contributed by atoms with E-state index < -0.39 is 10.2 Å². The Morgan fingerprint density at radius 3 is 2.79 bits per heavy atom. The predicted octanol–water partition coefficient (Wildman–Crippen LogP) is -0.475. The molecule has 1 heterocycles. The number of nitrogens with one attached hydrogen (secondary N) is 2. The number of nitrogens with zero attached hydrogens (tertiary/aromatic N) is 1. The number of hydrogen-bond donors (Lipinski definition) is 2. The van der Waals surface area contributed by atoms with Crippen molar-refractivity contribution in [2.45, 2.75) is 25.8 Å². The van der Waals surface area contributed by atoms with Gasteiger partial charge in [0.1, 0.15) is 0 Å². The lowest BCUT2D eigenvalue weighted by atomic mass is 10.1. The topological polar surface area (TPSA) is 61.4 Å². The van der Waals surface area contributed by atoms with E-state index in [0.29, 0.717) is 19.1 Å². The highest BCUT2D eigenvalue weighted by Crippen LogP contribution is 2.12. The zero-order chi connectivity index (χ0) is 10.6.